The summed E-state index contributed by atoms with van der Waals surface area (Å²) in [4.78, 5) is 0. The van der Waals surface area contributed by atoms with E-state index in [0.29, 0.717) is 11.8 Å². The Labute approximate surface area is 235 Å². The van der Waals surface area contributed by atoms with Gasteiger partial charge in [-0.05, 0) is 62.1 Å². The molecule has 5 heteroatoms. The maximum absolute atomic E-state index is 7.70. The Kier molecular flexibility index (Phi) is 8.73. The van der Waals surface area contributed by atoms with Gasteiger partial charge in [0.05, 0.1) is 11.2 Å². The number of rotatable bonds is 10. The molecule has 0 amide bonds. The van der Waals surface area contributed by atoms with Gasteiger partial charge in [-0.15, -0.1) is 0 Å². The van der Waals surface area contributed by atoms with Gasteiger partial charge in [-0.25, -0.2) is 0 Å². The SMILES string of the molecule is CCCC(C)(OC(C)(CCC)[C@@]1(C)CNC[C@H]1c1ccc(Cl)cc1)[C@@]1(C)CNC[C@H]1c1ccc(Cl)cc1. The van der Waals surface area contributed by atoms with Gasteiger partial charge in [-0.2, -0.15) is 0 Å². The van der Waals surface area contributed by atoms with Crippen molar-refractivity contribution >= 4 is 23.2 Å². The molecule has 6 atom stereocenters. The molecule has 0 radical (unpaired) electrons. The van der Waals surface area contributed by atoms with Gasteiger partial charge in [0.15, 0.2) is 0 Å². The van der Waals surface area contributed by atoms with Crippen molar-refractivity contribution in [2.45, 2.75) is 90.3 Å². The topological polar surface area (TPSA) is 33.3 Å². The van der Waals surface area contributed by atoms with E-state index in [0.717, 1.165) is 61.9 Å². The molecule has 2 aromatic carbocycles. The molecule has 0 aliphatic carbocycles. The van der Waals surface area contributed by atoms with Crippen molar-refractivity contribution in [1.82, 2.24) is 10.6 Å². The van der Waals surface area contributed by atoms with Crippen molar-refractivity contribution in [2.75, 3.05) is 26.2 Å². The summed E-state index contributed by atoms with van der Waals surface area (Å²) in [5.41, 5.74) is 1.93. The summed E-state index contributed by atoms with van der Waals surface area (Å²) in [5.74, 6) is 0.711. The molecule has 37 heavy (non-hydrogen) atoms. The normalized spacial score (nSPS) is 31.2. The van der Waals surface area contributed by atoms with E-state index >= 15 is 0 Å². The number of hydrogen-bond donors (Lipinski definition) is 2. The van der Waals surface area contributed by atoms with E-state index < -0.39 is 0 Å². The molecular formula is C32H46Cl2N2O. The van der Waals surface area contributed by atoms with Crippen LogP contribution in [0.4, 0.5) is 0 Å². The number of ether oxygens (including phenoxy) is 1. The van der Waals surface area contributed by atoms with Crippen LogP contribution >= 0.6 is 23.2 Å². The van der Waals surface area contributed by atoms with Crippen molar-refractivity contribution in [2.24, 2.45) is 10.8 Å². The maximum Gasteiger partial charge on any atom is 0.0733 e. The second kappa shape index (κ2) is 11.2. The van der Waals surface area contributed by atoms with Crippen LogP contribution in [-0.4, -0.2) is 37.4 Å². The van der Waals surface area contributed by atoms with Crippen LogP contribution in [0.2, 0.25) is 10.0 Å². The molecule has 0 aromatic heterocycles. The van der Waals surface area contributed by atoms with Gasteiger partial charge in [0.25, 0.3) is 0 Å². The summed E-state index contributed by atoms with van der Waals surface area (Å²) >= 11 is 12.5. The van der Waals surface area contributed by atoms with Gasteiger partial charge in [0, 0.05) is 58.9 Å². The Morgan fingerprint density at radius 3 is 1.41 bits per heavy atom. The van der Waals surface area contributed by atoms with Gasteiger partial charge in [-0.1, -0.05) is 88.0 Å². The summed E-state index contributed by atoms with van der Waals surface area (Å²) in [7, 11) is 0. The molecule has 0 spiro atoms. The minimum atomic E-state index is -0.310. The fourth-order valence-electron chi connectivity index (χ4n) is 7.48. The average molecular weight is 546 g/mol. The van der Waals surface area contributed by atoms with E-state index in [2.05, 4.69) is 76.4 Å². The molecule has 2 aliphatic heterocycles. The Balaban J connectivity index is 1.74. The molecular weight excluding hydrogens is 499 g/mol. The predicted molar refractivity (Wildman–Crippen MR) is 158 cm³/mol. The van der Waals surface area contributed by atoms with Crippen LogP contribution in [0.3, 0.4) is 0 Å². The van der Waals surface area contributed by atoms with E-state index in [4.69, 9.17) is 27.9 Å². The van der Waals surface area contributed by atoms with Crippen LogP contribution < -0.4 is 10.6 Å². The molecule has 2 N–H and O–H groups in total. The van der Waals surface area contributed by atoms with Gasteiger partial charge < -0.3 is 15.4 Å². The highest BCUT2D eigenvalue weighted by atomic mass is 35.5. The molecule has 2 heterocycles. The van der Waals surface area contributed by atoms with Gasteiger partial charge in [-0.3, -0.25) is 0 Å². The van der Waals surface area contributed by atoms with Crippen LogP contribution in [0.15, 0.2) is 48.5 Å². The maximum atomic E-state index is 7.70. The van der Waals surface area contributed by atoms with Crippen molar-refractivity contribution < 1.29 is 4.74 Å². The van der Waals surface area contributed by atoms with E-state index in [1.54, 1.807) is 0 Å². The Bertz CT molecular complexity index is 960. The minimum absolute atomic E-state index is 0.0655. The fourth-order valence-corrected chi connectivity index (χ4v) is 7.73. The lowest BCUT2D eigenvalue weighted by Crippen LogP contribution is -2.60. The lowest BCUT2D eigenvalue weighted by molar-refractivity contribution is -0.239. The zero-order valence-corrected chi connectivity index (χ0v) is 25.1. The lowest BCUT2D eigenvalue weighted by Gasteiger charge is -2.56. The van der Waals surface area contributed by atoms with E-state index in [1.807, 2.05) is 24.3 Å². The Hall–Kier alpha value is -1.10. The second-order valence-electron chi connectivity index (χ2n) is 12.4. The summed E-state index contributed by atoms with van der Waals surface area (Å²) in [6.07, 6.45) is 4.20. The Morgan fingerprint density at radius 2 is 1.08 bits per heavy atom. The molecule has 2 aliphatic rings. The summed E-state index contributed by atoms with van der Waals surface area (Å²) in [6, 6.07) is 16.9. The highest BCUT2D eigenvalue weighted by Gasteiger charge is 2.60. The zero-order valence-electron chi connectivity index (χ0n) is 23.6. The van der Waals surface area contributed by atoms with E-state index in [-0.39, 0.29) is 22.0 Å². The van der Waals surface area contributed by atoms with Gasteiger partial charge in [0.1, 0.15) is 0 Å². The van der Waals surface area contributed by atoms with Crippen molar-refractivity contribution in [3.05, 3.63) is 69.7 Å². The van der Waals surface area contributed by atoms with E-state index in [9.17, 15) is 0 Å². The summed E-state index contributed by atoms with van der Waals surface area (Å²) in [5, 5.41) is 9.05. The minimum Gasteiger partial charge on any atom is -0.368 e. The molecule has 4 rings (SSSR count). The van der Waals surface area contributed by atoms with E-state index in [1.165, 1.54) is 11.1 Å². The largest absolute Gasteiger partial charge is 0.368 e. The third-order valence-electron chi connectivity index (χ3n) is 10.1. The van der Waals surface area contributed by atoms with Gasteiger partial charge >= 0.3 is 0 Å². The monoisotopic (exact) mass is 544 g/mol. The molecule has 0 bridgehead atoms. The third-order valence-corrected chi connectivity index (χ3v) is 10.6. The lowest BCUT2D eigenvalue weighted by atomic mass is 9.61. The van der Waals surface area contributed by atoms with Crippen LogP contribution in [0.25, 0.3) is 0 Å². The number of benzene rings is 2. The first-order valence-electron chi connectivity index (χ1n) is 14.1. The van der Waals surface area contributed by atoms with Crippen LogP contribution in [-0.2, 0) is 4.74 Å². The highest BCUT2D eigenvalue weighted by molar-refractivity contribution is 6.30. The third kappa shape index (κ3) is 5.24. The second-order valence-corrected chi connectivity index (χ2v) is 13.2. The standard InChI is InChI=1S/C32H46Cl2N2O/c1-7-17-31(5,29(3)21-35-19-27(29)23-9-13-25(33)14-10-23)37-32(6,18-8-2)30(4)22-36-20-28(30)24-11-15-26(34)16-12-24/h9-16,27-28,35-36H,7-8,17-22H2,1-6H3/t27-,28-,29-,30-,31?,32?/m0/s1. The zero-order chi connectivity index (χ0) is 26.9. The first-order valence-corrected chi connectivity index (χ1v) is 14.9. The quantitative estimate of drug-likeness (QED) is 0.316. The molecule has 3 nitrogen and oxygen atoms in total. The van der Waals surface area contributed by atoms with Crippen molar-refractivity contribution in [1.29, 1.82) is 0 Å². The average Bonchev–Trinajstić information content (AvgIpc) is 3.45. The highest BCUT2D eigenvalue weighted by Crippen LogP contribution is 2.57. The molecule has 2 saturated heterocycles. The Morgan fingerprint density at radius 1 is 0.730 bits per heavy atom. The summed E-state index contributed by atoms with van der Waals surface area (Å²) < 4.78 is 7.70. The number of nitrogens with one attached hydrogen (secondary N) is 2. The molecule has 2 unspecified atom stereocenters. The molecule has 2 fully saturated rings. The number of hydrogen-bond acceptors (Lipinski definition) is 3. The van der Waals surface area contributed by atoms with Crippen LogP contribution in [0.1, 0.15) is 90.2 Å². The van der Waals surface area contributed by atoms with Crippen molar-refractivity contribution in [3.63, 3.8) is 0 Å². The van der Waals surface area contributed by atoms with Gasteiger partial charge in [0.2, 0.25) is 0 Å². The van der Waals surface area contributed by atoms with Crippen molar-refractivity contribution in [3.8, 4) is 0 Å². The first kappa shape index (κ1) is 28.9. The smallest absolute Gasteiger partial charge is 0.0733 e. The number of halogens is 2. The summed E-state index contributed by atoms with van der Waals surface area (Å²) in [6.45, 7) is 18.0. The predicted octanol–water partition coefficient (Wildman–Crippen LogP) is 8.21. The first-order chi connectivity index (χ1) is 17.5. The van der Waals surface area contributed by atoms with Crippen LogP contribution in [0, 0.1) is 10.8 Å². The molecule has 204 valence electrons. The molecule has 0 saturated carbocycles. The molecule has 2 aromatic rings. The van der Waals surface area contributed by atoms with Crippen LogP contribution in [0.5, 0.6) is 0 Å². The fraction of sp³-hybridized carbons (Fsp3) is 0.625.